The lowest BCUT2D eigenvalue weighted by atomic mass is 10.1. The molecule has 1 saturated heterocycles. The van der Waals surface area contributed by atoms with Gasteiger partial charge in [-0.3, -0.25) is 4.79 Å². The third kappa shape index (κ3) is 2.51. The lowest BCUT2D eigenvalue weighted by Crippen LogP contribution is -2.20. The predicted molar refractivity (Wildman–Crippen MR) is 72.3 cm³/mol. The summed E-state index contributed by atoms with van der Waals surface area (Å²) in [7, 11) is 0. The summed E-state index contributed by atoms with van der Waals surface area (Å²) < 4.78 is 1.70. The summed E-state index contributed by atoms with van der Waals surface area (Å²) in [6.07, 6.45) is 4.71. The maximum Gasteiger partial charge on any atom is 0.155 e. The molecular formula is C14H18N4O. The zero-order valence-corrected chi connectivity index (χ0v) is 11.1. The molecule has 5 heteroatoms. The van der Waals surface area contributed by atoms with Crippen molar-refractivity contribution >= 4 is 11.9 Å². The Kier molecular flexibility index (Phi) is 3.29. The maximum absolute atomic E-state index is 10.7. The first-order chi connectivity index (χ1) is 9.28. The van der Waals surface area contributed by atoms with Crippen molar-refractivity contribution in [1.82, 2.24) is 19.5 Å². The first-order valence-corrected chi connectivity index (χ1v) is 6.81. The molecule has 0 N–H and O–H groups in total. The van der Waals surface area contributed by atoms with Gasteiger partial charge in [-0.2, -0.15) is 5.10 Å². The number of carbonyl (C=O) groups excluding carboxylic acids is 1. The quantitative estimate of drug-likeness (QED) is 0.778. The summed E-state index contributed by atoms with van der Waals surface area (Å²) in [5, 5.41) is 4.46. The second-order valence-corrected chi connectivity index (χ2v) is 5.16. The number of hydrogen-bond acceptors (Lipinski definition) is 4. The Bertz CT molecular complexity index is 592. The van der Waals surface area contributed by atoms with Crippen molar-refractivity contribution in [2.75, 3.05) is 19.6 Å². The Morgan fingerprint density at radius 3 is 3.11 bits per heavy atom. The highest BCUT2D eigenvalue weighted by molar-refractivity contribution is 5.74. The molecule has 19 heavy (non-hydrogen) atoms. The van der Waals surface area contributed by atoms with Gasteiger partial charge in [0.1, 0.15) is 0 Å². The Labute approximate surface area is 112 Å². The van der Waals surface area contributed by atoms with Crippen LogP contribution in [0.3, 0.4) is 0 Å². The minimum atomic E-state index is 0.627. The molecule has 3 rings (SSSR count). The fraction of sp³-hybridized carbons (Fsp3) is 0.500. The normalized spacial score (nSPS) is 20.2. The van der Waals surface area contributed by atoms with Gasteiger partial charge in [0, 0.05) is 24.7 Å². The number of likely N-dealkylation sites (tertiary alicyclic amines) is 1. The van der Waals surface area contributed by atoms with Gasteiger partial charge in [-0.25, -0.2) is 9.50 Å². The summed E-state index contributed by atoms with van der Waals surface area (Å²) in [5.41, 5.74) is 1.44. The highest BCUT2D eigenvalue weighted by Gasteiger charge is 2.22. The van der Waals surface area contributed by atoms with Gasteiger partial charge in [-0.05, 0) is 37.6 Å². The van der Waals surface area contributed by atoms with Crippen LogP contribution in [0.15, 0.2) is 18.3 Å². The van der Waals surface area contributed by atoms with Crippen LogP contribution >= 0.6 is 0 Å². The molecule has 0 bridgehead atoms. The Morgan fingerprint density at radius 1 is 1.47 bits per heavy atom. The van der Waals surface area contributed by atoms with E-state index in [4.69, 9.17) is 0 Å². The number of aldehydes is 1. The molecule has 2 aromatic heterocycles. The molecule has 0 amide bonds. The summed E-state index contributed by atoms with van der Waals surface area (Å²) >= 11 is 0. The SMILES string of the molecule is CCN1CCC(Cc2nc3ccc(C=O)cn3n2)C1. The predicted octanol–water partition coefficient (Wildman–Crippen LogP) is 1.43. The van der Waals surface area contributed by atoms with Crippen LogP contribution in [0.25, 0.3) is 5.65 Å². The fourth-order valence-electron chi connectivity index (χ4n) is 2.73. The molecule has 0 spiro atoms. The fourth-order valence-corrected chi connectivity index (χ4v) is 2.73. The maximum atomic E-state index is 10.7. The van der Waals surface area contributed by atoms with E-state index in [1.165, 1.54) is 13.0 Å². The van der Waals surface area contributed by atoms with Crippen LogP contribution in [0.4, 0.5) is 0 Å². The second-order valence-electron chi connectivity index (χ2n) is 5.16. The molecule has 1 atom stereocenters. The van der Waals surface area contributed by atoms with E-state index in [2.05, 4.69) is 21.9 Å². The van der Waals surface area contributed by atoms with Crippen LogP contribution in [-0.2, 0) is 6.42 Å². The van der Waals surface area contributed by atoms with E-state index in [0.29, 0.717) is 11.5 Å². The minimum absolute atomic E-state index is 0.627. The lowest BCUT2D eigenvalue weighted by Gasteiger charge is -2.11. The highest BCUT2D eigenvalue weighted by Crippen LogP contribution is 2.19. The lowest BCUT2D eigenvalue weighted by molar-refractivity contribution is 0.112. The van der Waals surface area contributed by atoms with E-state index >= 15 is 0 Å². The molecule has 0 radical (unpaired) electrons. The van der Waals surface area contributed by atoms with Crippen LogP contribution in [0, 0.1) is 5.92 Å². The first-order valence-electron chi connectivity index (χ1n) is 6.81. The smallest absolute Gasteiger partial charge is 0.155 e. The number of rotatable bonds is 4. The molecule has 1 unspecified atom stereocenters. The average Bonchev–Trinajstić information content (AvgIpc) is 3.03. The largest absolute Gasteiger partial charge is 0.303 e. The van der Waals surface area contributed by atoms with E-state index in [0.717, 1.165) is 37.3 Å². The number of aromatic nitrogens is 3. The van der Waals surface area contributed by atoms with Gasteiger partial charge < -0.3 is 4.90 Å². The summed E-state index contributed by atoms with van der Waals surface area (Å²) in [6.45, 7) is 5.65. The molecular weight excluding hydrogens is 240 g/mol. The molecule has 100 valence electrons. The molecule has 1 aliphatic heterocycles. The van der Waals surface area contributed by atoms with Gasteiger partial charge >= 0.3 is 0 Å². The van der Waals surface area contributed by atoms with Crippen molar-refractivity contribution in [2.24, 2.45) is 5.92 Å². The van der Waals surface area contributed by atoms with Gasteiger partial charge in [0.15, 0.2) is 17.8 Å². The average molecular weight is 258 g/mol. The monoisotopic (exact) mass is 258 g/mol. The molecule has 0 saturated carbocycles. The molecule has 1 fully saturated rings. The number of pyridine rings is 1. The van der Waals surface area contributed by atoms with Gasteiger partial charge in [0.25, 0.3) is 0 Å². The molecule has 0 aliphatic carbocycles. The van der Waals surface area contributed by atoms with Crippen molar-refractivity contribution in [3.63, 3.8) is 0 Å². The standard InChI is InChI=1S/C14H18N4O/c1-2-17-6-5-11(8-17)7-13-15-14-4-3-12(10-19)9-18(14)16-13/h3-4,9-11H,2,5-8H2,1H3. The Hall–Kier alpha value is -1.75. The summed E-state index contributed by atoms with van der Waals surface area (Å²) in [6, 6.07) is 3.61. The number of hydrogen-bond donors (Lipinski definition) is 0. The molecule has 3 heterocycles. The van der Waals surface area contributed by atoms with Crippen LogP contribution in [0.5, 0.6) is 0 Å². The van der Waals surface area contributed by atoms with E-state index in [9.17, 15) is 4.79 Å². The van der Waals surface area contributed by atoms with Gasteiger partial charge in [0.05, 0.1) is 0 Å². The molecule has 5 nitrogen and oxygen atoms in total. The van der Waals surface area contributed by atoms with Crippen molar-refractivity contribution in [3.8, 4) is 0 Å². The molecule has 0 aromatic carbocycles. The number of nitrogens with zero attached hydrogens (tertiary/aromatic N) is 4. The summed E-state index contributed by atoms with van der Waals surface area (Å²) in [4.78, 5) is 17.7. The minimum Gasteiger partial charge on any atom is -0.303 e. The highest BCUT2D eigenvalue weighted by atomic mass is 16.1. The number of carbonyl (C=O) groups is 1. The van der Waals surface area contributed by atoms with Gasteiger partial charge in [-0.1, -0.05) is 6.92 Å². The number of fused-ring (bicyclic) bond motifs is 1. The van der Waals surface area contributed by atoms with Crippen molar-refractivity contribution in [3.05, 3.63) is 29.7 Å². The van der Waals surface area contributed by atoms with Crippen LogP contribution in [0.2, 0.25) is 0 Å². The second kappa shape index (κ2) is 5.09. The van der Waals surface area contributed by atoms with Crippen molar-refractivity contribution in [1.29, 1.82) is 0 Å². The third-order valence-corrected chi connectivity index (χ3v) is 3.82. The zero-order valence-electron chi connectivity index (χ0n) is 11.1. The van der Waals surface area contributed by atoms with Crippen molar-refractivity contribution < 1.29 is 4.79 Å². The van der Waals surface area contributed by atoms with E-state index < -0.39 is 0 Å². The topological polar surface area (TPSA) is 50.5 Å². The van der Waals surface area contributed by atoms with Crippen molar-refractivity contribution in [2.45, 2.75) is 19.8 Å². The zero-order chi connectivity index (χ0) is 13.2. The Balaban J connectivity index is 1.76. The van der Waals surface area contributed by atoms with E-state index in [1.54, 1.807) is 16.8 Å². The van der Waals surface area contributed by atoms with Gasteiger partial charge in [-0.15, -0.1) is 0 Å². The van der Waals surface area contributed by atoms with Crippen LogP contribution in [0.1, 0.15) is 29.5 Å². The first kappa shape index (κ1) is 12.3. The van der Waals surface area contributed by atoms with E-state index in [1.807, 2.05) is 6.07 Å². The van der Waals surface area contributed by atoms with Gasteiger partial charge in [0.2, 0.25) is 0 Å². The summed E-state index contributed by atoms with van der Waals surface area (Å²) in [5.74, 6) is 1.54. The Morgan fingerprint density at radius 2 is 2.37 bits per heavy atom. The van der Waals surface area contributed by atoms with Crippen LogP contribution < -0.4 is 0 Å². The molecule has 2 aromatic rings. The van der Waals surface area contributed by atoms with E-state index in [-0.39, 0.29) is 0 Å². The van der Waals surface area contributed by atoms with Crippen LogP contribution in [-0.4, -0.2) is 45.4 Å². The third-order valence-electron chi connectivity index (χ3n) is 3.82. The molecule has 1 aliphatic rings.